The molecule has 0 amide bonds. The summed E-state index contributed by atoms with van der Waals surface area (Å²) in [7, 11) is 0. The molecule has 0 aliphatic rings. The Hall–Kier alpha value is -1.63. The van der Waals surface area contributed by atoms with Crippen molar-refractivity contribution >= 4 is 5.69 Å². The van der Waals surface area contributed by atoms with Gasteiger partial charge in [-0.1, -0.05) is 13.3 Å². The third kappa shape index (κ3) is 2.66. The van der Waals surface area contributed by atoms with Gasteiger partial charge in [0, 0.05) is 0 Å². The van der Waals surface area contributed by atoms with Gasteiger partial charge < -0.3 is 9.84 Å². The second-order valence-corrected chi connectivity index (χ2v) is 2.94. The van der Waals surface area contributed by atoms with Crippen LogP contribution in [0, 0.1) is 10.1 Å². The molecule has 1 rings (SSSR count). The van der Waals surface area contributed by atoms with Gasteiger partial charge in [-0.2, -0.15) is 5.10 Å². The zero-order chi connectivity index (χ0) is 11.3. The fourth-order valence-electron chi connectivity index (χ4n) is 1.05. The summed E-state index contributed by atoms with van der Waals surface area (Å²) in [6.07, 6.45) is 2.80. The van der Waals surface area contributed by atoms with Crippen LogP contribution in [0.3, 0.4) is 0 Å². The third-order valence-electron chi connectivity index (χ3n) is 1.84. The SMILES string of the molecule is CCCCOc1c([N+](=O)[O-])cnn1CO. The highest BCUT2D eigenvalue weighted by Gasteiger charge is 2.21. The van der Waals surface area contributed by atoms with Crippen molar-refractivity contribution in [1.82, 2.24) is 9.78 Å². The lowest BCUT2D eigenvalue weighted by Crippen LogP contribution is -2.06. The number of rotatable bonds is 6. The van der Waals surface area contributed by atoms with E-state index in [0.29, 0.717) is 6.61 Å². The molecule has 0 radical (unpaired) electrons. The average molecular weight is 215 g/mol. The number of aliphatic hydroxyl groups excluding tert-OH is 1. The van der Waals surface area contributed by atoms with Crippen LogP contribution in [0.15, 0.2) is 6.20 Å². The predicted octanol–water partition coefficient (Wildman–Crippen LogP) is 0.920. The standard InChI is InChI=1S/C8H13N3O4/c1-2-3-4-15-8-7(11(13)14)5-9-10(8)6-12/h5,12H,2-4,6H2,1H3. The lowest BCUT2D eigenvalue weighted by molar-refractivity contribution is -0.386. The highest BCUT2D eigenvalue weighted by atomic mass is 16.6. The van der Waals surface area contributed by atoms with Crippen LogP contribution in [-0.4, -0.2) is 26.4 Å². The maximum Gasteiger partial charge on any atom is 0.350 e. The van der Waals surface area contributed by atoms with E-state index >= 15 is 0 Å². The summed E-state index contributed by atoms with van der Waals surface area (Å²) in [6.45, 7) is 1.93. The minimum Gasteiger partial charge on any atom is -0.473 e. The van der Waals surface area contributed by atoms with E-state index in [2.05, 4.69) is 5.10 Å². The second kappa shape index (κ2) is 5.30. The Morgan fingerprint density at radius 2 is 2.47 bits per heavy atom. The summed E-state index contributed by atoms with van der Waals surface area (Å²) >= 11 is 0. The molecular formula is C8H13N3O4. The number of nitrogens with zero attached hydrogens (tertiary/aromatic N) is 3. The molecule has 1 heterocycles. The molecule has 0 saturated heterocycles. The lowest BCUT2D eigenvalue weighted by atomic mass is 10.4. The first-order valence-corrected chi connectivity index (χ1v) is 4.64. The van der Waals surface area contributed by atoms with Crippen molar-refractivity contribution in [2.45, 2.75) is 26.5 Å². The summed E-state index contributed by atoms with van der Waals surface area (Å²) < 4.78 is 6.25. The number of aliphatic hydroxyl groups is 1. The van der Waals surface area contributed by atoms with Gasteiger partial charge in [-0.15, -0.1) is 0 Å². The molecule has 0 saturated carbocycles. The fraction of sp³-hybridized carbons (Fsp3) is 0.625. The minimum absolute atomic E-state index is 0.0101. The first-order chi connectivity index (χ1) is 7.20. The van der Waals surface area contributed by atoms with Gasteiger partial charge >= 0.3 is 5.69 Å². The molecule has 0 aliphatic carbocycles. The first-order valence-electron chi connectivity index (χ1n) is 4.64. The molecular weight excluding hydrogens is 202 g/mol. The average Bonchev–Trinajstić information content (AvgIpc) is 2.61. The summed E-state index contributed by atoms with van der Waals surface area (Å²) in [5, 5.41) is 23.1. The molecule has 0 unspecified atom stereocenters. The summed E-state index contributed by atoms with van der Waals surface area (Å²) in [5.41, 5.74) is -0.222. The van der Waals surface area contributed by atoms with Crippen LogP contribution in [0.4, 0.5) is 5.69 Å². The van der Waals surface area contributed by atoms with Crippen molar-refractivity contribution in [3.05, 3.63) is 16.3 Å². The molecule has 0 bridgehead atoms. The minimum atomic E-state index is -0.583. The van der Waals surface area contributed by atoms with Crippen molar-refractivity contribution in [2.24, 2.45) is 0 Å². The molecule has 15 heavy (non-hydrogen) atoms. The summed E-state index contributed by atoms with van der Waals surface area (Å²) in [5.74, 6) is 0.0101. The van der Waals surface area contributed by atoms with Gasteiger partial charge in [0.1, 0.15) is 12.9 Å². The van der Waals surface area contributed by atoms with Gasteiger partial charge in [-0.05, 0) is 6.42 Å². The second-order valence-electron chi connectivity index (χ2n) is 2.94. The normalized spacial score (nSPS) is 10.3. The Labute approximate surface area is 86.4 Å². The molecule has 0 spiro atoms. The van der Waals surface area contributed by atoms with Gasteiger partial charge in [-0.25, -0.2) is 4.68 Å². The Balaban J connectivity index is 2.80. The quantitative estimate of drug-likeness (QED) is 0.433. The van der Waals surface area contributed by atoms with Gasteiger partial charge in [-0.3, -0.25) is 10.1 Å². The van der Waals surface area contributed by atoms with Crippen LogP contribution in [0.1, 0.15) is 19.8 Å². The molecule has 84 valence electrons. The Bertz CT molecular complexity index is 337. The molecule has 1 N–H and O–H groups in total. The lowest BCUT2D eigenvalue weighted by Gasteiger charge is -2.05. The van der Waals surface area contributed by atoms with E-state index in [1.165, 1.54) is 0 Å². The van der Waals surface area contributed by atoms with Crippen LogP contribution in [0.5, 0.6) is 5.88 Å². The summed E-state index contributed by atoms with van der Waals surface area (Å²) in [6, 6.07) is 0. The van der Waals surface area contributed by atoms with Crippen molar-refractivity contribution in [2.75, 3.05) is 6.61 Å². The molecule has 0 aliphatic heterocycles. The van der Waals surface area contributed by atoms with Crippen molar-refractivity contribution < 1.29 is 14.8 Å². The monoisotopic (exact) mass is 215 g/mol. The maximum absolute atomic E-state index is 10.6. The van der Waals surface area contributed by atoms with Gasteiger partial charge in [0.2, 0.25) is 0 Å². The number of unbranched alkanes of at least 4 members (excludes halogenated alkanes) is 1. The third-order valence-corrected chi connectivity index (χ3v) is 1.84. The highest BCUT2D eigenvalue weighted by Crippen LogP contribution is 2.25. The van der Waals surface area contributed by atoms with E-state index in [9.17, 15) is 10.1 Å². The Morgan fingerprint density at radius 1 is 1.73 bits per heavy atom. The molecule has 7 heteroatoms. The maximum atomic E-state index is 10.6. The zero-order valence-corrected chi connectivity index (χ0v) is 8.42. The number of ether oxygens (including phenoxy) is 1. The molecule has 0 atom stereocenters. The van der Waals surface area contributed by atoms with Crippen molar-refractivity contribution in [3.63, 3.8) is 0 Å². The molecule has 1 aromatic rings. The fourth-order valence-corrected chi connectivity index (χ4v) is 1.05. The van der Waals surface area contributed by atoms with E-state index in [1.54, 1.807) is 0 Å². The van der Waals surface area contributed by atoms with E-state index < -0.39 is 11.7 Å². The van der Waals surface area contributed by atoms with Crippen LogP contribution >= 0.6 is 0 Å². The van der Waals surface area contributed by atoms with E-state index in [1.807, 2.05) is 6.92 Å². The predicted molar refractivity (Wildman–Crippen MR) is 51.5 cm³/mol. The number of nitro groups is 1. The van der Waals surface area contributed by atoms with Crippen LogP contribution in [0.2, 0.25) is 0 Å². The number of hydrogen-bond acceptors (Lipinski definition) is 5. The Morgan fingerprint density at radius 3 is 3.00 bits per heavy atom. The van der Waals surface area contributed by atoms with Crippen molar-refractivity contribution in [1.29, 1.82) is 0 Å². The zero-order valence-electron chi connectivity index (χ0n) is 8.42. The molecule has 7 nitrogen and oxygen atoms in total. The molecule has 0 aromatic carbocycles. The molecule has 0 fully saturated rings. The van der Waals surface area contributed by atoms with E-state index in [-0.39, 0.29) is 11.6 Å². The van der Waals surface area contributed by atoms with E-state index in [4.69, 9.17) is 9.84 Å². The van der Waals surface area contributed by atoms with Crippen LogP contribution in [0.25, 0.3) is 0 Å². The Kier molecular flexibility index (Phi) is 4.04. The van der Waals surface area contributed by atoms with Crippen LogP contribution in [-0.2, 0) is 6.73 Å². The number of hydrogen-bond donors (Lipinski definition) is 1. The number of aromatic nitrogens is 2. The molecule has 1 aromatic heterocycles. The van der Waals surface area contributed by atoms with E-state index in [0.717, 1.165) is 23.7 Å². The van der Waals surface area contributed by atoms with Crippen LogP contribution < -0.4 is 4.74 Å². The van der Waals surface area contributed by atoms with Gasteiger partial charge in [0.05, 0.1) is 11.5 Å². The largest absolute Gasteiger partial charge is 0.473 e. The first kappa shape index (κ1) is 11.4. The van der Waals surface area contributed by atoms with Gasteiger partial charge in [0.15, 0.2) is 0 Å². The van der Waals surface area contributed by atoms with Crippen molar-refractivity contribution in [3.8, 4) is 5.88 Å². The smallest absolute Gasteiger partial charge is 0.350 e. The topological polar surface area (TPSA) is 90.4 Å². The summed E-state index contributed by atoms with van der Waals surface area (Å²) in [4.78, 5) is 9.99. The highest BCUT2D eigenvalue weighted by molar-refractivity contribution is 5.38. The van der Waals surface area contributed by atoms with Gasteiger partial charge in [0.25, 0.3) is 5.88 Å².